The van der Waals surface area contributed by atoms with Crippen molar-refractivity contribution in [1.29, 1.82) is 0 Å². The molecule has 1 aromatic rings. The lowest BCUT2D eigenvalue weighted by Gasteiger charge is -2.34. The number of amides is 2. The molecule has 7 heteroatoms. The Morgan fingerprint density at radius 3 is 2.89 bits per heavy atom. The highest BCUT2D eigenvalue weighted by atomic mass is 16.2. The van der Waals surface area contributed by atoms with E-state index in [1.54, 1.807) is 16.5 Å². The van der Waals surface area contributed by atoms with E-state index in [-0.39, 0.29) is 23.9 Å². The van der Waals surface area contributed by atoms with E-state index >= 15 is 0 Å². The number of hydrogen-bond acceptors (Lipinski definition) is 4. The first-order valence-corrected chi connectivity index (χ1v) is 6.48. The molecule has 0 aliphatic carbocycles. The van der Waals surface area contributed by atoms with Gasteiger partial charge in [-0.25, -0.2) is 9.67 Å². The van der Waals surface area contributed by atoms with Gasteiger partial charge in [0.1, 0.15) is 18.7 Å². The van der Waals surface area contributed by atoms with E-state index in [1.165, 1.54) is 19.6 Å². The van der Waals surface area contributed by atoms with Gasteiger partial charge >= 0.3 is 0 Å². The van der Waals surface area contributed by atoms with Crippen molar-refractivity contribution >= 4 is 11.8 Å². The highest BCUT2D eigenvalue weighted by molar-refractivity contribution is 5.80. The molecule has 1 fully saturated rings. The second-order valence-corrected chi connectivity index (χ2v) is 4.88. The van der Waals surface area contributed by atoms with Gasteiger partial charge in [-0.3, -0.25) is 9.59 Å². The molecule has 7 nitrogen and oxygen atoms in total. The summed E-state index contributed by atoms with van der Waals surface area (Å²) in [4.78, 5) is 29.1. The van der Waals surface area contributed by atoms with E-state index in [2.05, 4.69) is 15.4 Å². The molecule has 2 rings (SSSR count). The van der Waals surface area contributed by atoms with Gasteiger partial charge in [0.2, 0.25) is 11.8 Å². The molecule has 1 N–H and O–H groups in total. The van der Waals surface area contributed by atoms with E-state index in [1.807, 2.05) is 0 Å². The van der Waals surface area contributed by atoms with E-state index in [9.17, 15) is 9.59 Å². The minimum atomic E-state index is -0.362. The van der Waals surface area contributed by atoms with Crippen molar-refractivity contribution in [2.24, 2.45) is 0 Å². The Hall–Kier alpha value is -1.92. The Bertz CT molecular complexity index is 445. The number of nitrogens with zero attached hydrogens (tertiary/aromatic N) is 4. The normalized spacial score (nSPS) is 20.9. The first-order chi connectivity index (χ1) is 9.08. The Kier molecular flexibility index (Phi) is 4.13. The van der Waals surface area contributed by atoms with Crippen LogP contribution in [0.25, 0.3) is 0 Å². The van der Waals surface area contributed by atoms with Crippen LogP contribution >= 0.6 is 0 Å². The van der Waals surface area contributed by atoms with Gasteiger partial charge in [0, 0.05) is 26.1 Å². The average Bonchev–Trinajstić information content (AvgIpc) is 2.90. The Labute approximate surface area is 112 Å². The summed E-state index contributed by atoms with van der Waals surface area (Å²) < 4.78 is 1.55. The summed E-state index contributed by atoms with van der Waals surface area (Å²) in [6.45, 7) is 4.60. The standard InChI is InChI=1S/C12H19N5O2/c1-9(17-8-13-7-14-17)12(19)16-5-3-4-11(6-16)15-10(2)18/h7-9,11H,3-6H2,1-2H3,(H,15,18). The maximum atomic E-state index is 12.4. The zero-order valence-corrected chi connectivity index (χ0v) is 11.2. The highest BCUT2D eigenvalue weighted by Crippen LogP contribution is 2.15. The fourth-order valence-corrected chi connectivity index (χ4v) is 2.38. The van der Waals surface area contributed by atoms with Crippen molar-refractivity contribution in [1.82, 2.24) is 25.0 Å². The minimum absolute atomic E-state index is 0.0144. The third kappa shape index (κ3) is 3.30. The second kappa shape index (κ2) is 5.81. The van der Waals surface area contributed by atoms with Crippen LogP contribution in [-0.2, 0) is 9.59 Å². The lowest BCUT2D eigenvalue weighted by molar-refractivity contribution is -0.136. The second-order valence-electron chi connectivity index (χ2n) is 4.88. The molecular weight excluding hydrogens is 246 g/mol. The van der Waals surface area contributed by atoms with Crippen LogP contribution in [0.4, 0.5) is 0 Å². The molecule has 2 amide bonds. The number of carbonyl (C=O) groups excluding carboxylic acids is 2. The lowest BCUT2D eigenvalue weighted by atomic mass is 10.0. The molecule has 0 aromatic carbocycles. The van der Waals surface area contributed by atoms with Crippen LogP contribution in [0.5, 0.6) is 0 Å². The zero-order chi connectivity index (χ0) is 13.8. The fourth-order valence-electron chi connectivity index (χ4n) is 2.38. The van der Waals surface area contributed by atoms with Crippen molar-refractivity contribution in [2.45, 2.75) is 38.8 Å². The molecule has 2 atom stereocenters. The lowest BCUT2D eigenvalue weighted by Crippen LogP contribution is -2.50. The van der Waals surface area contributed by atoms with Crippen molar-refractivity contribution in [3.63, 3.8) is 0 Å². The van der Waals surface area contributed by atoms with Gasteiger partial charge in [0.05, 0.1) is 0 Å². The molecule has 1 aliphatic rings. The SMILES string of the molecule is CC(=O)NC1CCCN(C(=O)C(C)n2cncn2)C1. The summed E-state index contributed by atoms with van der Waals surface area (Å²) in [7, 11) is 0. The summed E-state index contributed by atoms with van der Waals surface area (Å²) in [6.07, 6.45) is 4.78. The summed E-state index contributed by atoms with van der Waals surface area (Å²) in [5.74, 6) is -0.0378. The average molecular weight is 265 g/mol. The molecular formula is C12H19N5O2. The van der Waals surface area contributed by atoms with E-state index in [0.717, 1.165) is 19.4 Å². The van der Waals surface area contributed by atoms with Crippen molar-refractivity contribution < 1.29 is 9.59 Å². The molecule has 2 unspecified atom stereocenters. The van der Waals surface area contributed by atoms with E-state index in [4.69, 9.17) is 0 Å². The maximum Gasteiger partial charge on any atom is 0.247 e. The largest absolute Gasteiger partial charge is 0.352 e. The molecule has 1 aromatic heterocycles. The Morgan fingerprint density at radius 2 is 2.26 bits per heavy atom. The van der Waals surface area contributed by atoms with E-state index in [0.29, 0.717) is 6.54 Å². The molecule has 0 spiro atoms. The summed E-state index contributed by atoms with van der Waals surface area (Å²) in [5.41, 5.74) is 0. The van der Waals surface area contributed by atoms with Crippen LogP contribution in [0.15, 0.2) is 12.7 Å². The predicted octanol–water partition coefficient (Wildman–Crippen LogP) is -0.0338. The van der Waals surface area contributed by atoms with Gasteiger partial charge in [-0.1, -0.05) is 0 Å². The smallest absolute Gasteiger partial charge is 0.247 e. The van der Waals surface area contributed by atoms with Gasteiger partial charge in [-0.15, -0.1) is 0 Å². The van der Waals surface area contributed by atoms with Gasteiger partial charge in [0.25, 0.3) is 0 Å². The highest BCUT2D eigenvalue weighted by Gasteiger charge is 2.28. The molecule has 0 saturated carbocycles. The quantitative estimate of drug-likeness (QED) is 0.832. The van der Waals surface area contributed by atoms with Crippen LogP contribution in [0.3, 0.4) is 0 Å². The Balaban J connectivity index is 1.97. The summed E-state index contributed by atoms with van der Waals surface area (Å²) in [5, 5.41) is 6.86. The molecule has 0 bridgehead atoms. The number of aromatic nitrogens is 3. The van der Waals surface area contributed by atoms with Crippen LogP contribution in [0, 0.1) is 0 Å². The number of carbonyl (C=O) groups is 2. The third-order valence-corrected chi connectivity index (χ3v) is 3.33. The van der Waals surface area contributed by atoms with Crippen LogP contribution in [-0.4, -0.2) is 50.6 Å². The van der Waals surface area contributed by atoms with Crippen LogP contribution in [0.2, 0.25) is 0 Å². The molecule has 0 radical (unpaired) electrons. The zero-order valence-electron chi connectivity index (χ0n) is 11.2. The first kappa shape index (κ1) is 13.5. The summed E-state index contributed by atoms with van der Waals surface area (Å²) in [6, 6.07) is -0.309. The van der Waals surface area contributed by atoms with Gasteiger partial charge < -0.3 is 10.2 Å². The number of piperidine rings is 1. The molecule has 2 heterocycles. The number of nitrogens with one attached hydrogen (secondary N) is 1. The van der Waals surface area contributed by atoms with Crippen molar-refractivity contribution in [2.75, 3.05) is 13.1 Å². The molecule has 104 valence electrons. The maximum absolute atomic E-state index is 12.4. The van der Waals surface area contributed by atoms with Crippen LogP contribution < -0.4 is 5.32 Å². The van der Waals surface area contributed by atoms with Crippen LogP contribution in [0.1, 0.15) is 32.7 Å². The number of likely N-dealkylation sites (tertiary alicyclic amines) is 1. The van der Waals surface area contributed by atoms with Gasteiger partial charge in [-0.2, -0.15) is 5.10 Å². The molecule has 1 saturated heterocycles. The Morgan fingerprint density at radius 1 is 1.47 bits per heavy atom. The number of rotatable bonds is 3. The third-order valence-electron chi connectivity index (χ3n) is 3.33. The molecule has 19 heavy (non-hydrogen) atoms. The fraction of sp³-hybridized carbons (Fsp3) is 0.667. The van der Waals surface area contributed by atoms with E-state index < -0.39 is 0 Å². The topological polar surface area (TPSA) is 80.1 Å². The molecule has 1 aliphatic heterocycles. The monoisotopic (exact) mass is 265 g/mol. The van der Waals surface area contributed by atoms with Crippen molar-refractivity contribution in [3.8, 4) is 0 Å². The van der Waals surface area contributed by atoms with Gasteiger partial charge in [-0.05, 0) is 19.8 Å². The van der Waals surface area contributed by atoms with Gasteiger partial charge in [0.15, 0.2) is 0 Å². The minimum Gasteiger partial charge on any atom is -0.352 e. The van der Waals surface area contributed by atoms with Crippen molar-refractivity contribution in [3.05, 3.63) is 12.7 Å². The summed E-state index contributed by atoms with van der Waals surface area (Å²) >= 11 is 0. The first-order valence-electron chi connectivity index (χ1n) is 6.48. The number of hydrogen-bond donors (Lipinski definition) is 1. The predicted molar refractivity (Wildman–Crippen MR) is 68.2 cm³/mol.